The predicted octanol–water partition coefficient (Wildman–Crippen LogP) is 2.76. The molecule has 1 aromatic heterocycles. The van der Waals surface area contributed by atoms with Gasteiger partial charge in [-0.3, -0.25) is 4.79 Å². The van der Waals surface area contributed by atoms with Gasteiger partial charge in [-0.25, -0.2) is 0 Å². The van der Waals surface area contributed by atoms with E-state index in [2.05, 4.69) is 20.8 Å². The summed E-state index contributed by atoms with van der Waals surface area (Å²) in [6.07, 6.45) is 0. The van der Waals surface area contributed by atoms with Crippen LogP contribution in [0.1, 0.15) is 31.3 Å². The van der Waals surface area contributed by atoms with Crippen molar-refractivity contribution in [2.45, 2.75) is 26.3 Å². The second kappa shape index (κ2) is 6.43. The SMILES string of the molecule is COc1ccccc1Nc1ccc(C(=O)NC(C)(C)C)nn1. The van der Waals surface area contributed by atoms with Gasteiger partial charge in [-0.05, 0) is 45.0 Å². The average Bonchev–Trinajstić information content (AvgIpc) is 2.47. The zero-order valence-electron chi connectivity index (χ0n) is 13.2. The van der Waals surface area contributed by atoms with Crippen LogP contribution in [0, 0.1) is 0 Å². The summed E-state index contributed by atoms with van der Waals surface area (Å²) in [4.78, 5) is 12.0. The molecule has 0 saturated carbocycles. The van der Waals surface area contributed by atoms with Gasteiger partial charge in [-0.1, -0.05) is 12.1 Å². The molecule has 116 valence electrons. The van der Waals surface area contributed by atoms with Crippen molar-refractivity contribution in [1.82, 2.24) is 15.5 Å². The monoisotopic (exact) mass is 300 g/mol. The van der Waals surface area contributed by atoms with Gasteiger partial charge in [0.15, 0.2) is 11.5 Å². The Labute approximate surface area is 129 Å². The van der Waals surface area contributed by atoms with Crippen molar-refractivity contribution < 1.29 is 9.53 Å². The number of hydrogen-bond acceptors (Lipinski definition) is 5. The third-order valence-electron chi connectivity index (χ3n) is 2.76. The molecule has 0 atom stereocenters. The first-order valence-corrected chi connectivity index (χ1v) is 6.95. The van der Waals surface area contributed by atoms with E-state index in [0.717, 1.165) is 5.69 Å². The predicted molar refractivity (Wildman–Crippen MR) is 85.5 cm³/mol. The summed E-state index contributed by atoms with van der Waals surface area (Å²) >= 11 is 0. The van der Waals surface area contributed by atoms with Gasteiger partial charge in [0.05, 0.1) is 12.8 Å². The highest BCUT2D eigenvalue weighted by Crippen LogP contribution is 2.25. The van der Waals surface area contributed by atoms with E-state index >= 15 is 0 Å². The molecule has 0 bridgehead atoms. The van der Waals surface area contributed by atoms with Crippen LogP contribution in [0.2, 0.25) is 0 Å². The Morgan fingerprint density at radius 1 is 1.09 bits per heavy atom. The maximum absolute atomic E-state index is 12.0. The second-order valence-corrected chi connectivity index (χ2v) is 5.83. The highest BCUT2D eigenvalue weighted by atomic mass is 16.5. The van der Waals surface area contributed by atoms with E-state index in [4.69, 9.17) is 4.74 Å². The van der Waals surface area contributed by atoms with E-state index in [9.17, 15) is 4.79 Å². The van der Waals surface area contributed by atoms with Crippen molar-refractivity contribution in [3.63, 3.8) is 0 Å². The number of carbonyl (C=O) groups is 1. The number of nitrogens with one attached hydrogen (secondary N) is 2. The molecular weight excluding hydrogens is 280 g/mol. The highest BCUT2D eigenvalue weighted by Gasteiger charge is 2.16. The van der Waals surface area contributed by atoms with E-state index in [1.54, 1.807) is 19.2 Å². The van der Waals surface area contributed by atoms with Gasteiger partial charge in [0.1, 0.15) is 5.75 Å². The molecule has 2 rings (SSSR count). The molecule has 0 unspecified atom stereocenters. The molecule has 22 heavy (non-hydrogen) atoms. The van der Waals surface area contributed by atoms with Crippen LogP contribution in [-0.4, -0.2) is 28.8 Å². The lowest BCUT2D eigenvalue weighted by molar-refractivity contribution is 0.0913. The molecule has 6 nitrogen and oxygen atoms in total. The van der Waals surface area contributed by atoms with Crippen LogP contribution >= 0.6 is 0 Å². The topological polar surface area (TPSA) is 76.1 Å². The summed E-state index contributed by atoms with van der Waals surface area (Å²) in [5.41, 5.74) is 0.749. The van der Waals surface area contributed by atoms with Crippen LogP contribution in [0.3, 0.4) is 0 Å². The number of hydrogen-bond donors (Lipinski definition) is 2. The summed E-state index contributed by atoms with van der Waals surface area (Å²) in [5, 5.41) is 13.9. The molecule has 2 aromatic rings. The van der Waals surface area contributed by atoms with E-state index in [1.165, 1.54) is 0 Å². The molecule has 2 N–H and O–H groups in total. The fourth-order valence-electron chi connectivity index (χ4n) is 1.81. The Balaban J connectivity index is 2.11. The van der Waals surface area contributed by atoms with E-state index in [1.807, 2.05) is 45.0 Å². The van der Waals surface area contributed by atoms with Crippen molar-refractivity contribution in [2.75, 3.05) is 12.4 Å². The number of anilines is 2. The number of nitrogens with zero attached hydrogens (tertiary/aromatic N) is 2. The van der Waals surface area contributed by atoms with Gasteiger partial charge in [-0.2, -0.15) is 0 Å². The number of para-hydroxylation sites is 2. The van der Waals surface area contributed by atoms with Crippen LogP contribution < -0.4 is 15.4 Å². The largest absolute Gasteiger partial charge is 0.495 e. The third-order valence-corrected chi connectivity index (χ3v) is 2.76. The van der Waals surface area contributed by atoms with Gasteiger partial charge in [0.25, 0.3) is 5.91 Å². The lowest BCUT2D eigenvalue weighted by Gasteiger charge is -2.19. The highest BCUT2D eigenvalue weighted by molar-refractivity contribution is 5.92. The van der Waals surface area contributed by atoms with Crippen LogP contribution in [0.15, 0.2) is 36.4 Å². The third kappa shape index (κ3) is 4.18. The lowest BCUT2D eigenvalue weighted by Crippen LogP contribution is -2.41. The van der Waals surface area contributed by atoms with Gasteiger partial charge >= 0.3 is 0 Å². The van der Waals surface area contributed by atoms with Gasteiger partial charge in [-0.15, -0.1) is 10.2 Å². The number of methoxy groups -OCH3 is 1. The quantitative estimate of drug-likeness (QED) is 0.908. The summed E-state index contributed by atoms with van der Waals surface area (Å²) in [6, 6.07) is 10.8. The van der Waals surface area contributed by atoms with Crippen molar-refractivity contribution >= 4 is 17.4 Å². The smallest absolute Gasteiger partial charge is 0.272 e. The summed E-state index contributed by atoms with van der Waals surface area (Å²) in [6.45, 7) is 5.74. The average molecular weight is 300 g/mol. The van der Waals surface area contributed by atoms with Crippen LogP contribution in [-0.2, 0) is 0 Å². The summed E-state index contributed by atoms with van der Waals surface area (Å²) in [7, 11) is 1.60. The van der Waals surface area contributed by atoms with Gasteiger partial charge in [0.2, 0.25) is 0 Å². The molecule has 0 spiro atoms. The molecule has 1 aromatic carbocycles. The zero-order chi connectivity index (χ0) is 16.2. The first-order valence-electron chi connectivity index (χ1n) is 6.95. The summed E-state index contributed by atoms with van der Waals surface area (Å²) in [5.74, 6) is 1.000. The van der Waals surface area contributed by atoms with Crippen molar-refractivity contribution in [3.05, 3.63) is 42.1 Å². The van der Waals surface area contributed by atoms with Crippen LogP contribution in [0.4, 0.5) is 11.5 Å². The lowest BCUT2D eigenvalue weighted by atomic mass is 10.1. The number of aromatic nitrogens is 2. The second-order valence-electron chi connectivity index (χ2n) is 5.83. The van der Waals surface area contributed by atoms with Gasteiger partial charge < -0.3 is 15.4 Å². The minimum absolute atomic E-state index is 0.246. The number of amides is 1. The maximum Gasteiger partial charge on any atom is 0.272 e. The number of ether oxygens (including phenoxy) is 1. The zero-order valence-corrected chi connectivity index (χ0v) is 13.2. The van der Waals surface area contributed by atoms with Crippen molar-refractivity contribution in [1.29, 1.82) is 0 Å². The number of rotatable bonds is 4. The van der Waals surface area contributed by atoms with Crippen LogP contribution in [0.25, 0.3) is 0 Å². The first kappa shape index (κ1) is 15.8. The molecule has 1 heterocycles. The fraction of sp³-hybridized carbons (Fsp3) is 0.312. The molecule has 0 fully saturated rings. The molecule has 6 heteroatoms. The molecule has 0 saturated heterocycles. The molecule has 0 aliphatic heterocycles. The Hall–Kier alpha value is -2.63. The minimum atomic E-state index is -0.312. The van der Waals surface area contributed by atoms with Crippen LogP contribution in [0.5, 0.6) is 5.75 Å². The van der Waals surface area contributed by atoms with Crippen molar-refractivity contribution in [2.24, 2.45) is 0 Å². The standard InChI is InChI=1S/C16H20N4O2/c1-16(2,3)18-15(21)12-9-10-14(20-19-12)17-11-7-5-6-8-13(11)22-4/h5-10H,1-4H3,(H,17,20)(H,18,21). The van der Waals surface area contributed by atoms with E-state index in [0.29, 0.717) is 11.6 Å². The molecule has 0 aliphatic carbocycles. The molecule has 0 radical (unpaired) electrons. The Bertz CT molecular complexity index is 648. The molecule has 0 aliphatic rings. The van der Waals surface area contributed by atoms with E-state index in [-0.39, 0.29) is 17.1 Å². The Kier molecular flexibility index (Phi) is 4.60. The minimum Gasteiger partial charge on any atom is -0.495 e. The number of carbonyl (C=O) groups excluding carboxylic acids is 1. The first-order chi connectivity index (χ1) is 10.4. The Morgan fingerprint density at radius 2 is 1.82 bits per heavy atom. The maximum atomic E-state index is 12.0. The summed E-state index contributed by atoms with van der Waals surface area (Å²) < 4.78 is 5.26. The van der Waals surface area contributed by atoms with Gasteiger partial charge in [0, 0.05) is 5.54 Å². The fourth-order valence-corrected chi connectivity index (χ4v) is 1.81. The normalized spacial score (nSPS) is 10.9. The number of benzene rings is 1. The molecule has 1 amide bonds. The van der Waals surface area contributed by atoms with E-state index < -0.39 is 0 Å². The van der Waals surface area contributed by atoms with Crippen molar-refractivity contribution in [3.8, 4) is 5.75 Å². The molecular formula is C16H20N4O2. The Morgan fingerprint density at radius 3 is 2.41 bits per heavy atom.